The minimum atomic E-state index is -0.524. The first-order chi connectivity index (χ1) is 10.3. The van der Waals surface area contributed by atoms with Crippen LogP contribution in [-0.4, -0.2) is 10.7 Å². The number of benzene rings is 1. The number of aliphatic hydroxyl groups is 1. The van der Waals surface area contributed by atoms with Crippen molar-refractivity contribution in [2.24, 2.45) is 5.92 Å². The van der Waals surface area contributed by atoms with Crippen LogP contribution in [0.15, 0.2) is 18.2 Å². The van der Waals surface area contributed by atoms with E-state index in [1.165, 1.54) is 18.4 Å². The summed E-state index contributed by atoms with van der Waals surface area (Å²) in [4.78, 5) is 0. The second-order valence-electron chi connectivity index (χ2n) is 7.18. The van der Waals surface area contributed by atoms with Crippen LogP contribution in [0.5, 0.6) is 0 Å². The zero-order valence-corrected chi connectivity index (χ0v) is 15.5. The Balaban J connectivity index is 2.43. The number of halogens is 2. The van der Waals surface area contributed by atoms with Crippen molar-refractivity contribution in [1.82, 2.24) is 0 Å². The molecule has 0 radical (unpaired) electrons. The van der Waals surface area contributed by atoms with Gasteiger partial charge in [0.25, 0.3) is 0 Å². The Morgan fingerprint density at radius 1 is 1.09 bits per heavy atom. The number of hydrogen-bond acceptors (Lipinski definition) is 1. The fraction of sp³-hybridized carbons (Fsp3) is 0.684. The van der Waals surface area contributed by atoms with E-state index in [-0.39, 0.29) is 5.41 Å². The molecule has 0 aromatic heterocycles. The second kappa shape index (κ2) is 7.11. The van der Waals surface area contributed by atoms with Gasteiger partial charge in [-0.25, -0.2) is 0 Å². The maximum atomic E-state index is 10.4. The van der Waals surface area contributed by atoms with Crippen molar-refractivity contribution in [3.8, 4) is 0 Å². The molecule has 1 atom stereocenters. The molecule has 22 heavy (non-hydrogen) atoms. The van der Waals surface area contributed by atoms with Gasteiger partial charge in [0.05, 0.1) is 15.6 Å². The van der Waals surface area contributed by atoms with Gasteiger partial charge < -0.3 is 5.11 Å². The highest BCUT2D eigenvalue weighted by Gasteiger charge is 2.44. The van der Waals surface area contributed by atoms with Crippen molar-refractivity contribution in [2.75, 3.05) is 0 Å². The molecule has 0 aliphatic heterocycles. The summed E-state index contributed by atoms with van der Waals surface area (Å²) in [5.41, 5.74) is 0.906. The van der Waals surface area contributed by atoms with Crippen LogP contribution in [0.4, 0.5) is 0 Å². The van der Waals surface area contributed by atoms with E-state index in [1.54, 1.807) is 0 Å². The van der Waals surface area contributed by atoms with E-state index in [4.69, 9.17) is 23.2 Å². The molecule has 1 nitrogen and oxygen atoms in total. The summed E-state index contributed by atoms with van der Waals surface area (Å²) >= 11 is 12.4. The molecule has 2 rings (SSSR count). The number of hydrogen-bond donors (Lipinski definition) is 1. The van der Waals surface area contributed by atoms with Gasteiger partial charge in [-0.2, -0.15) is 0 Å². The maximum absolute atomic E-state index is 10.4. The zero-order chi connectivity index (χ0) is 16.4. The Labute approximate surface area is 145 Å². The molecule has 1 aromatic carbocycles. The molecule has 1 saturated carbocycles. The highest BCUT2D eigenvalue weighted by Crippen LogP contribution is 2.51. The summed E-state index contributed by atoms with van der Waals surface area (Å²) in [6.45, 7) is 6.50. The van der Waals surface area contributed by atoms with Crippen LogP contribution in [0, 0.1) is 5.92 Å². The van der Waals surface area contributed by atoms with Gasteiger partial charge >= 0.3 is 0 Å². The first kappa shape index (κ1) is 18.1. The minimum Gasteiger partial charge on any atom is -0.390 e. The molecule has 1 aromatic rings. The summed E-state index contributed by atoms with van der Waals surface area (Å²) < 4.78 is 0. The predicted molar refractivity (Wildman–Crippen MR) is 95.9 cm³/mol. The van der Waals surface area contributed by atoms with Gasteiger partial charge in [-0.1, -0.05) is 56.0 Å². The summed E-state index contributed by atoms with van der Waals surface area (Å²) in [6.07, 6.45) is 7.33. The molecule has 3 heteroatoms. The summed E-state index contributed by atoms with van der Waals surface area (Å²) in [6, 6.07) is 6.13. The molecule has 0 bridgehead atoms. The van der Waals surface area contributed by atoms with Gasteiger partial charge in [-0.05, 0) is 68.1 Å². The van der Waals surface area contributed by atoms with Crippen LogP contribution in [0.3, 0.4) is 0 Å². The topological polar surface area (TPSA) is 20.2 Å². The van der Waals surface area contributed by atoms with Crippen molar-refractivity contribution >= 4 is 23.2 Å². The lowest BCUT2D eigenvalue weighted by Crippen LogP contribution is -2.44. The van der Waals surface area contributed by atoms with Crippen LogP contribution in [0.25, 0.3) is 0 Å². The predicted octanol–water partition coefficient (Wildman–Crippen LogP) is 6.38. The summed E-state index contributed by atoms with van der Waals surface area (Å²) in [5, 5.41) is 11.6. The van der Waals surface area contributed by atoms with Gasteiger partial charge in [0.1, 0.15) is 0 Å². The van der Waals surface area contributed by atoms with E-state index < -0.39 is 5.60 Å². The van der Waals surface area contributed by atoms with E-state index >= 15 is 0 Å². The Hall–Kier alpha value is -0.240. The average Bonchev–Trinajstić information content (AvgIpc) is 2.48. The van der Waals surface area contributed by atoms with Gasteiger partial charge in [0.15, 0.2) is 0 Å². The summed E-state index contributed by atoms with van der Waals surface area (Å²) in [5.74, 6) is 0.630. The van der Waals surface area contributed by atoms with Gasteiger partial charge in [-0.3, -0.25) is 0 Å². The molecule has 1 aliphatic rings. The SMILES string of the molecule is CCC[C@@H](CC)[C@]1(c2ccc(Cl)c(Cl)c2)CC[C@@](C)(O)CC1. The molecule has 0 amide bonds. The molecular formula is C19H28Cl2O. The molecule has 0 heterocycles. The Kier molecular flexibility index (Phi) is 5.85. The van der Waals surface area contributed by atoms with Crippen molar-refractivity contribution in [3.63, 3.8) is 0 Å². The van der Waals surface area contributed by atoms with Gasteiger partial charge in [-0.15, -0.1) is 0 Å². The van der Waals surface area contributed by atoms with Crippen LogP contribution >= 0.6 is 23.2 Å². The van der Waals surface area contributed by atoms with E-state index in [1.807, 2.05) is 13.0 Å². The highest BCUT2D eigenvalue weighted by molar-refractivity contribution is 6.42. The monoisotopic (exact) mass is 342 g/mol. The van der Waals surface area contributed by atoms with E-state index in [9.17, 15) is 5.11 Å². The third kappa shape index (κ3) is 3.63. The fourth-order valence-corrected chi connectivity index (χ4v) is 4.49. The third-order valence-electron chi connectivity index (χ3n) is 5.63. The van der Waals surface area contributed by atoms with Crippen molar-refractivity contribution in [1.29, 1.82) is 0 Å². The largest absolute Gasteiger partial charge is 0.390 e. The van der Waals surface area contributed by atoms with Crippen LogP contribution in [0.1, 0.15) is 71.3 Å². The first-order valence-corrected chi connectivity index (χ1v) is 9.28. The molecule has 1 fully saturated rings. The highest BCUT2D eigenvalue weighted by atomic mass is 35.5. The lowest BCUT2D eigenvalue weighted by atomic mass is 9.58. The fourth-order valence-electron chi connectivity index (χ4n) is 4.19. The minimum absolute atomic E-state index is 0.126. The second-order valence-corrected chi connectivity index (χ2v) is 7.99. The molecule has 0 saturated heterocycles. The smallest absolute Gasteiger partial charge is 0.0620 e. The average molecular weight is 343 g/mol. The Morgan fingerprint density at radius 3 is 2.23 bits per heavy atom. The van der Waals surface area contributed by atoms with Gasteiger partial charge in [0.2, 0.25) is 0 Å². The van der Waals surface area contributed by atoms with E-state index in [0.717, 1.165) is 32.1 Å². The Bertz CT molecular complexity index is 500. The molecule has 0 spiro atoms. The lowest BCUT2D eigenvalue weighted by molar-refractivity contribution is -0.0139. The standard InChI is InChI=1S/C19H28Cl2O/c1-4-6-14(5-2)19(11-9-18(3,22)10-12-19)15-7-8-16(20)17(21)13-15/h7-8,13-14,22H,4-6,9-12H2,1-3H3/t14-,18-,19+/m1/s1. The lowest BCUT2D eigenvalue weighted by Gasteiger charge is -2.48. The first-order valence-electron chi connectivity index (χ1n) is 8.52. The van der Waals surface area contributed by atoms with Crippen LogP contribution < -0.4 is 0 Å². The molecule has 0 unspecified atom stereocenters. The molecule has 1 aliphatic carbocycles. The van der Waals surface area contributed by atoms with E-state index in [2.05, 4.69) is 26.0 Å². The molecule has 124 valence electrons. The van der Waals surface area contributed by atoms with E-state index in [0.29, 0.717) is 16.0 Å². The number of rotatable bonds is 5. The quantitative estimate of drug-likeness (QED) is 0.657. The van der Waals surface area contributed by atoms with Crippen molar-refractivity contribution in [2.45, 2.75) is 76.7 Å². The third-order valence-corrected chi connectivity index (χ3v) is 6.36. The maximum Gasteiger partial charge on any atom is 0.0620 e. The van der Waals surface area contributed by atoms with Crippen molar-refractivity contribution < 1.29 is 5.11 Å². The summed E-state index contributed by atoms with van der Waals surface area (Å²) in [7, 11) is 0. The zero-order valence-electron chi connectivity index (χ0n) is 14.0. The van der Waals surface area contributed by atoms with Crippen molar-refractivity contribution in [3.05, 3.63) is 33.8 Å². The van der Waals surface area contributed by atoms with Crippen LogP contribution in [0.2, 0.25) is 10.0 Å². The molecular weight excluding hydrogens is 315 g/mol. The Morgan fingerprint density at radius 2 is 1.73 bits per heavy atom. The normalized spacial score (nSPS) is 30.3. The van der Waals surface area contributed by atoms with Gasteiger partial charge in [0, 0.05) is 0 Å². The molecule has 1 N–H and O–H groups in total. The van der Waals surface area contributed by atoms with Crippen LogP contribution in [-0.2, 0) is 5.41 Å².